The third-order valence-corrected chi connectivity index (χ3v) is 2.40. The van der Waals surface area contributed by atoms with Crippen molar-refractivity contribution >= 4 is 24.6 Å². The Kier molecular flexibility index (Phi) is 2.99. The van der Waals surface area contributed by atoms with Crippen LogP contribution in [0.5, 0.6) is 0 Å². The summed E-state index contributed by atoms with van der Waals surface area (Å²) in [5, 5.41) is 0. The minimum absolute atomic E-state index is 0.166. The lowest BCUT2D eigenvalue weighted by molar-refractivity contribution is 1.000. The van der Waals surface area contributed by atoms with E-state index in [2.05, 4.69) is 46.9 Å². The molecule has 0 fully saturated rings. The van der Waals surface area contributed by atoms with E-state index in [-0.39, 0.29) is 5.50 Å². The molecule has 1 aliphatic rings. The summed E-state index contributed by atoms with van der Waals surface area (Å²) in [6.07, 6.45) is 3.79. The summed E-state index contributed by atoms with van der Waals surface area (Å²) in [6, 6.07) is 10.4. The highest BCUT2D eigenvalue weighted by Gasteiger charge is 2.06. The molecule has 14 heavy (non-hydrogen) atoms. The van der Waals surface area contributed by atoms with Crippen molar-refractivity contribution in [3.63, 3.8) is 0 Å². The molecule has 0 spiro atoms. The fourth-order valence-corrected chi connectivity index (χ4v) is 1.63. The zero-order valence-corrected chi connectivity index (χ0v) is 8.69. The minimum atomic E-state index is -0.166. The van der Waals surface area contributed by atoms with Gasteiger partial charge >= 0.3 is 0 Å². The second-order valence-electron chi connectivity index (χ2n) is 3.23. The first kappa shape index (κ1) is 9.46. The SMILES string of the molecule is SC1N=CC(CCc2ccccc2)=N1. The summed E-state index contributed by atoms with van der Waals surface area (Å²) in [4.78, 5) is 8.33. The van der Waals surface area contributed by atoms with E-state index in [0.717, 1.165) is 18.6 Å². The first-order valence-corrected chi connectivity index (χ1v) is 5.18. The third-order valence-electron chi connectivity index (χ3n) is 2.15. The van der Waals surface area contributed by atoms with Crippen molar-refractivity contribution in [1.82, 2.24) is 0 Å². The Labute approximate surface area is 89.2 Å². The highest BCUT2D eigenvalue weighted by Crippen LogP contribution is 2.09. The smallest absolute Gasteiger partial charge is 0.184 e. The predicted molar refractivity (Wildman–Crippen MR) is 63.5 cm³/mol. The predicted octanol–water partition coefficient (Wildman–Crippen LogP) is 2.36. The lowest BCUT2D eigenvalue weighted by Gasteiger charge is -1.98. The van der Waals surface area contributed by atoms with Crippen LogP contribution in [0.1, 0.15) is 12.0 Å². The fourth-order valence-electron chi connectivity index (χ4n) is 1.41. The molecule has 1 aliphatic heterocycles. The molecule has 72 valence electrons. The molecule has 1 aromatic carbocycles. The van der Waals surface area contributed by atoms with E-state index in [4.69, 9.17) is 0 Å². The van der Waals surface area contributed by atoms with E-state index in [0.29, 0.717) is 0 Å². The molecule has 2 nitrogen and oxygen atoms in total. The molecule has 0 bridgehead atoms. The second-order valence-corrected chi connectivity index (χ2v) is 3.69. The fraction of sp³-hybridized carbons (Fsp3) is 0.273. The maximum absolute atomic E-state index is 4.26. The molecule has 1 unspecified atom stereocenters. The molecule has 2 rings (SSSR count). The quantitative estimate of drug-likeness (QED) is 0.731. The number of nitrogens with zero attached hydrogens (tertiary/aromatic N) is 2. The van der Waals surface area contributed by atoms with Gasteiger partial charge in [-0.25, -0.2) is 0 Å². The average Bonchev–Trinajstić information content (AvgIpc) is 2.63. The Balaban J connectivity index is 1.90. The van der Waals surface area contributed by atoms with Crippen LogP contribution in [0.4, 0.5) is 0 Å². The van der Waals surface area contributed by atoms with Crippen LogP contribution in [0.3, 0.4) is 0 Å². The van der Waals surface area contributed by atoms with Gasteiger partial charge < -0.3 is 0 Å². The van der Waals surface area contributed by atoms with Crippen LogP contribution < -0.4 is 0 Å². The van der Waals surface area contributed by atoms with Gasteiger partial charge in [0.05, 0.1) is 5.71 Å². The first-order valence-electron chi connectivity index (χ1n) is 4.66. The van der Waals surface area contributed by atoms with Crippen LogP contribution >= 0.6 is 12.6 Å². The van der Waals surface area contributed by atoms with Gasteiger partial charge in [0.2, 0.25) is 0 Å². The van der Waals surface area contributed by atoms with Crippen molar-refractivity contribution in [3.8, 4) is 0 Å². The molecule has 0 saturated heterocycles. The lowest BCUT2D eigenvalue weighted by atomic mass is 10.1. The van der Waals surface area contributed by atoms with Gasteiger partial charge in [-0.2, -0.15) is 0 Å². The van der Waals surface area contributed by atoms with E-state index >= 15 is 0 Å². The molecule has 3 heteroatoms. The normalized spacial score (nSPS) is 19.8. The van der Waals surface area contributed by atoms with E-state index in [1.165, 1.54) is 5.56 Å². The van der Waals surface area contributed by atoms with E-state index < -0.39 is 0 Å². The summed E-state index contributed by atoms with van der Waals surface area (Å²) in [5.74, 6) is 0. The van der Waals surface area contributed by atoms with Crippen molar-refractivity contribution in [3.05, 3.63) is 35.9 Å². The molecule has 0 aromatic heterocycles. The Morgan fingerprint density at radius 3 is 2.57 bits per heavy atom. The molecule has 0 aliphatic carbocycles. The molecule has 1 aromatic rings. The Morgan fingerprint density at radius 1 is 1.14 bits per heavy atom. The molecular weight excluding hydrogens is 192 g/mol. The van der Waals surface area contributed by atoms with Crippen LogP contribution in [0, 0.1) is 0 Å². The third kappa shape index (κ3) is 2.45. The Morgan fingerprint density at radius 2 is 1.93 bits per heavy atom. The van der Waals surface area contributed by atoms with Gasteiger partial charge in [0, 0.05) is 6.21 Å². The highest BCUT2D eigenvalue weighted by molar-refractivity contribution is 7.80. The number of thiol groups is 1. The van der Waals surface area contributed by atoms with Crippen LogP contribution in [0.2, 0.25) is 0 Å². The topological polar surface area (TPSA) is 24.7 Å². The number of aliphatic imine (C=N–C) groups is 2. The zero-order valence-electron chi connectivity index (χ0n) is 7.80. The standard InChI is InChI=1S/C11H12N2S/c14-11-12-8-10(13-11)7-6-9-4-2-1-3-5-9/h1-5,8,11,14H,6-7H2. The molecule has 0 radical (unpaired) electrons. The summed E-state index contributed by atoms with van der Waals surface area (Å²) >= 11 is 4.15. The summed E-state index contributed by atoms with van der Waals surface area (Å²) in [5.41, 5.74) is 2.22. The summed E-state index contributed by atoms with van der Waals surface area (Å²) in [6.45, 7) is 0. The maximum Gasteiger partial charge on any atom is 0.184 e. The van der Waals surface area contributed by atoms with E-state index in [1.807, 2.05) is 12.3 Å². The second kappa shape index (κ2) is 4.42. The van der Waals surface area contributed by atoms with Crippen molar-refractivity contribution in [2.45, 2.75) is 18.3 Å². The van der Waals surface area contributed by atoms with Crippen molar-refractivity contribution in [2.75, 3.05) is 0 Å². The van der Waals surface area contributed by atoms with Crippen LogP contribution in [-0.4, -0.2) is 17.4 Å². The molecule has 0 N–H and O–H groups in total. The number of hydrogen-bond donors (Lipinski definition) is 1. The molecule has 1 atom stereocenters. The number of rotatable bonds is 3. The molecular formula is C11H12N2S. The molecule has 0 amide bonds. The molecule has 0 saturated carbocycles. The number of benzene rings is 1. The van der Waals surface area contributed by atoms with Crippen LogP contribution in [0.25, 0.3) is 0 Å². The summed E-state index contributed by atoms with van der Waals surface area (Å²) < 4.78 is 0. The Bertz CT molecular complexity index is 357. The minimum Gasteiger partial charge on any atom is -0.254 e. The zero-order chi connectivity index (χ0) is 9.80. The van der Waals surface area contributed by atoms with Gasteiger partial charge in [-0.15, -0.1) is 12.6 Å². The van der Waals surface area contributed by atoms with E-state index in [9.17, 15) is 0 Å². The van der Waals surface area contributed by atoms with Gasteiger partial charge in [-0.3, -0.25) is 9.98 Å². The van der Waals surface area contributed by atoms with Crippen LogP contribution in [0.15, 0.2) is 40.3 Å². The lowest BCUT2D eigenvalue weighted by Crippen LogP contribution is -1.99. The van der Waals surface area contributed by atoms with Gasteiger partial charge in [0.25, 0.3) is 0 Å². The maximum atomic E-state index is 4.26. The number of hydrogen-bond acceptors (Lipinski definition) is 3. The Hall–Kier alpha value is -1.09. The number of aryl methyl sites for hydroxylation is 1. The highest BCUT2D eigenvalue weighted by atomic mass is 32.1. The van der Waals surface area contributed by atoms with Crippen molar-refractivity contribution in [1.29, 1.82) is 0 Å². The van der Waals surface area contributed by atoms with Gasteiger partial charge in [0.15, 0.2) is 5.50 Å². The first-order chi connectivity index (χ1) is 6.84. The van der Waals surface area contributed by atoms with Crippen molar-refractivity contribution in [2.24, 2.45) is 9.98 Å². The summed E-state index contributed by atoms with van der Waals surface area (Å²) in [7, 11) is 0. The van der Waals surface area contributed by atoms with E-state index in [1.54, 1.807) is 0 Å². The monoisotopic (exact) mass is 204 g/mol. The van der Waals surface area contributed by atoms with Crippen molar-refractivity contribution < 1.29 is 0 Å². The largest absolute Gasteiger partial charge is 0.254 e. The van der Waals surface area contributed by atoms with Gasteiger partial charge in [0.1, 0.15) is 0 Å². The van der Waals surface area contributed by atoms with Crippen LogP contribution in [-0.2, 0) is 6.42 Å². The average molecular weight is 204 g/mol. The molecule has 1 heterocycles. The van der Waals surface area contributed by atoms with Gasteiger partial charge in [-0.1, -0.05) is 30.3 Å². The van der Waals surface area contributed by atoms with Gasteiger partial charge in [-0.05, 0) is 18.4 Å².